The van der Waals surface area contributed by atoms with Crippen LogP contribution in [-0.4, -0.2) is 49.2 Å². The Kier molecular flexibility index (Phi) is 10.0. The Hall–Kier alpha value is -2.45. The molecule has 3 N–H and O–H groups in total. The third-order valence-corrected chi connectivity index (χ3v) is 8.70. The highest BCUT2D eigenvalue weighted by Gasteiger charge is 2.38. The zero-order valence-electron chi connectivity index (χ0n) is 22.3. The Morgan fingerprint density at radius 1 is 0.902 bits per heavy atom. The first kappa shape index (κ1) is 30.0. The molecule has 1 aliphatic carbocycles. The average Bonchev–Trinajstić information content (AvgIpc) is 3.82. The van der Waals surface area contributed by atoms with Crippen LogP contribution in [0.15, 0.2) is 66.2 Å². The van der Waals surface area contributed by atoms with Crippen molar-refractivity contribution in [2.75, 3.05) is 26.3 Å². The second-order valence-electron chi connectivity index (χ2n) is 10.0. The van der Waals surface area contributed by atoms with Crippen molar-refractivity contribution in [1.29, 1.82) is 0 Å². The summed E-state index contributed by atoms with van der Waals surface area (Å²) < 4.78 is 11.6. The number of hydrogen-bond acceptors (Lipinski definition) is 5. The molecule has 1 saturated carbocycles. The van der Waals surface area contributed by atoms with Crippen LogP contribution in [0.5, 0.6) is 11.5 Å². The van der Waals surface area contributed by atoms with Gasteiger partial charge in [-0.05, 0) is 72.8 Å². The van der Waals surface area contributed by atoms with Gasteiger partial charge in [-0.3, -0.25) is 4.79 Å². The molecule has 1 atom stereocenters. The van der Waals surface area contributed by atoms with Gasteiger partial charge in [0.1, 0.15) is 19.0 Å². The van der Waals surface area contributed by atoms with E-state index in [0.717, 1.165) is 36.1 Å². The summed E-state index contributed by atoms with van der Waals surface area (Å²) in [6, 6.07) is 18.4. The van der Waals surface area contributed by atoms with Crippen LogP contribution in [0.25, 0.3) is 5.57 Å². The zero-order valence-corrected chi connectivity index (χ0v) is 25.4. The maximum atomic E-state index is 14.2. The van der Waals surface area contributed by atoms with Gasteiger partial charge in [-0.25, -0.2) is 0 Å². The average molecular weight is 635 g/mol. The molecule has 10 heteroatoms. The third-order valence-electron chi connectivity index (χ3n) is 7.25. The predicted molar refractivity (Wildman–Crippen MR) is 166 cm³/mol. The topological polar surface area (TPSA) is 76.8 Å². The second kappa shape index (κ2) is 13.7. The van der Waals surface area contributed by atoms with Crippen LogP contribution in [0.3, 0.4) is 0 Å². The lowest BCUT2D eigenvalue weighted by Gasteiger charge is -2.33. The van der Waals surface area contributed by atoms with Gasteiger partial charge < -0.3 is 25.4 Å². The largest absolute Gasteiger partial charge is 0.490 e. The molecule has 0 spiro atoms. The lowest BCUT2D eigenvalue weighted by atomic mass is 9.88. The van der Waals surface area contributed by atoms with E-state index in [4.69, 9.17) is 61.6 Å². The molecule has 0 unspecified atom stereocenters. The highest BCUT2D eigenvalue weighted by atomic mass is 35.5. The molecule has 0 aromatic heterocycles. The van der Waals surface area contributed by atoms with Crippen LogP contribution in [0.4, 0.5) is 0 Å². The second-order valence-corrected chi connectivity index (χ2v) is 11.6. The van der Waals surface area contributed by atoms with Gasteiger partial charge in [-0.1, -0.05) is 76.7 Å². The first-order valence-corrected chi connectivity index (χ1v) is 15.1. The zero-order chi connectivity index (χ0) is 28.9. The molecule has 1 amide bonds. The monoisotopic (exact) mass is 633 g/mol. The third kappa shape index (κ3) is 7.14. The summed E-state index contributed by atoms with van der Waals surface area (Å²) in [7, 11) is 0. The van der Waals surface area contributed by atoms with Crippen LogP contribution >= 0.6 is 46.4 Å². The molecule has 3 aromatic carbocycles. The van der Waals surface area contributed by atoms with E-state index >= 15 is 0 Å². The van der Waals surface area contributed by atoms with Crippen molar-refractivity contribution in [3.8, 4) is 11.5 Å². The lowest BCUT2D eigenvalue weighted by molar-refractivity contribution is -0.128. The van der Waals surface area contributed by atoms with Crippen molar-refractivity contribution >= 4 is 57.9 Å². The van der Waals surface area contributed by atoms with Gasteiger partial charge in [-0.2, -0.15) is 0 Å². The highest BCUT2D eigenvalue weighted by Crippen LogP contribution is 2.36. The predicted octanol–water partition coefficient (Wildman–Crippen LogP) is 7.02. The number of halogens is 4. The van der Waals surface area contributed by atoms with Gasteiger partial charge >= 0.3 is 0 Å². The minimum absolute atomic E-state index is 0.0168. The molecule has 1 heterocycles. The fourth-order valence-electron chi connectivity index (χ4n) is 5.04. The number of nitrogens with two attached hydrogens (primary N) is 1. The van der Waals surface area contributed by atoms with Crippen molar-refractivity contribution in [1.82, 2.24) is 10.2 Å². The molecule has 0 radical (unpaired) electrons. The fourth-order valence-corrected chi connectivity index (χ4v) is 5.92. The molecule has 5 rings (SSSR count). The summed E-state index contributed by atoms with van der Waals surface area (Å²) in [4.78, 5) is 16.1. The Morgan fingerprint density at radius 2 is 1.56 bits per heavy atom. The molecular formula is C31H31Cl4N3O3. The maximum Gasteiger partial charge on any atom is 0.252 e. The van der Waals surface area contributed by atoms with Crippen LogP contribution in [-0.2, 0) is 11.3 Å². The lowest BCUT2D eigenvalue weighted by Crippen LogP contribution is -2.48. The first-order valence-electron chi connectivity index (χ1n) is 13.6. The van der Waals surface area contributed by atoms with E-state index in [-0.39, 0.29) is 24.6 Å². The van der Waals surface area contributed by atoms with E-state index in [0.29, 0.717) is 63.3 Å². The van der Waals surface area contributed by atoms with Gasteiger partial charge in [0, 0.05) is 24.7 Å². The van der Waals surface area contributed by atoms with Crippen LogP contribution < -0.4 is 20.5 Å². The number of amides is 1. The molecule has 216 valence electrons. The summed E-state index contributed by atoms with van der Waals surface area (Å²) in [5, 5.41) is 5.30. The van der Waals surface area contributed by atoms with E-state index in [1.807, 2.05) is 41.3 Å². The number of para-hydroxylation sites is 1. The van der Waals surface area contributed by atoms with Gasteiger partial charge in [0.2, 0.25) is 0 Å². The minimum atomic E-state index is -0.243. The highest BCUT2D eigenvalue weighted by molar-refractivity contribution is 6.42. The minimum Gasteiger partial charge on any atom is -0.490 e. The first-order chi connectivity index (χ1) is 19.9. The Morgan fingerprint density at radius 3 is 2.24 bits per heavy atom. The molecule has 0 bridgehead atoms. The van der Waals surface area contributed by atoms with E-state index in [1.54, 1.807) is 24.3 Å². The number of nitrogens with zero attached hydrogens (tertiary/aromatic N) is 1. The fraction of sp³-hybridized carbons (Fsp3) is 0.323. The molecule has 41 heavy (non-hydrogen) atoms. The number of hydrogen-bond donors (Lipinski definition) is 2. The van der Waals surface area contributed by atoms with E-state index in [2.05, 4.69) is 5.32 Å². The summed E-state index contributed by atoms with van der Waals surface area (Å²) in [6.07, 6.45) is 2.64. The maximum absolute atomic E-state index is 14.2. The molecule has 1 aliphatic heterocycles. The quantitative estimate of drug-likeness (QED) is 0.222. The Bertz CT molecular complexity index is 1410. The molecular weight excluding hydrogens is 604 g/mol. The summed E-state index contributed by atoms with van der Waals surface area (Å²) >= 11 is 25.1. The van der Waals surface area contributed by atoms with Crippen LogP contribution in [0.2, 0.25) is 20.1 Å². The van der Waals surface area contributed by atoms with Gasteiger partial charge in [0.25, 0.3) is 5.91 Å². The molecule has 0 saturated heterocycles. The normalized spacial score (nSPS) is 17.0. The molecule has 1 fully saturated rings. The van der Waals surface area contributed by atoms with Gasteiger partial charge in [0.15, 0.2) is 5.75 Å². The summed E-state index contributed by atoms with van der Waals surface area (Å²) in [6.45, 7) is 2.04. The molecule has 6 nitrogen and oxygen atoms in total. The number of nitrogens with one attached hydrogen (secondary N) is 1. The van der Waals surface area contributed by atoms with Crippen molar-refractivity contribution in [3.05, 3.63) is 97.5 Å². The Balaban J connectivity index is 1.32. The van der Waals surface area contributed by atoms with E-state index in [9.17, 15) is 4.79 Å². The number of carbonyl (C=O) groups is 1. The molecule has 2 aliphatic rings. The smallest absolute Gasteiger partial charge is 0.252 e. The number of ether oxygens (including phenoxy) is 2. The SMILES string of the molecule is NC[C@H]1NCCC(c2ccc(OCCOc3c(Cl)cccc3Cl)cc2)=C1C(=O)N(Cc1cccc(Cl)c1Cl)C1CC1. The standard InChI is InChI=1S/C31H31Cl4N3O3/c32-24-4-1-3-20(29(24)35)18-38(21-9-10-21)31(39)28-23(13-14-37-27(28)17-36)19-7-11-22(12-8-19)40-15-16-41-30-25(33)5-2-6-26(30)34/h1-8,11-12,21,27,37H,9-10,13-18,36H2/t27-/m1/s1. The summed E-state index contributed by atoms with van der Waals surface area (Å²) in [5.74, 6) is 1.12. The van der Waals surface area contributed by atoms with E-state index < -0.39 is 0 Å². The van der Waals surface area contributed by atoms with Crippen molar-refractivity contribution in [2.45, 2.75) is 37.9 Å². The Labute approximate surface area is 260 Å². The van der Waals surface area contributed by atoms with Crippen LogP contribution in [0.1, 0.15) is 30.4 Å². The van der Waals surface area contributed by atoms with Crippen molar-refractivity contribution in [2.24, 2.45) is 5.73 Å². The molecule has 3 aromatic rings. The van der Waals surface area contributed by atoms with E-state index in [1.165, 1.54) is 0 Å². The van der Waals surface area contributed by atoms with Crippen molar-refractivity contribution in [3.63, 3.8) is 0 Å². The van der Waals surface area contributed by atoms with Crippen molar-refractivity contribution < 1.29 is 14.3 Å². The summed E-state index contributed by atoms with van der Waals surface area (Å²) in [5.41, 5.74) is 9.66. The number of rotatable bonds is 11. The van der Waals surface area contributed by atoms with Gasteiger partial charge in [0.05, 0.1) is 26.1 Å². The van der Waals surface area contributed by atoms with Crippen LogP contribution in [0, 0.1) is 0 Å². The van der Waals surface area contributed by atoms with Gasteiger partial charge in [-0.15, -0.1) is 0 Å². The number of carbonyl (C=O) groups excluding carboxylic acids is 1. The number of benzene rings is 3.